The number of carbonyl (C=O) groups excluding carboxylic acids is 1. The maximum Gasteiger partial charge on any atom is 0.288 e. The largest absolute Gasteiger partial charge is 0.394 e. The molecule has 2 aromatic heterocycles. The van der Waals surface area contributed by atoms with Crippen molar-refractivity contribution in [1.82, 2.24) is 14.7 Å². The van der Waals surface area contributed by atoms with E-state index in [0.29, 0.717) is 31.9 Å². The van der Waals surface area contributed by atoms with Crippen LogP contribution in [0.2, 0.25) is 0 Å². The molecule has 6 heteroatoms. The van der Waals surface area contributed by atoms with Crippen LogP contribution >= 0.6 is 0 Å². The van der Waals surface area contributed by atoms with Crippen molar-refractivity contribution in [2.24, 2.45) is 0 Å². The van der Waals surface area contributed by atoms with E-state index in [1.807, 2.05) is 49.5 Å². The van der Waals surface area contributed by atoms with Crippen molar-refractivity contribution in [2.75, 3.05) is 19.8 Å². The van der Waals surface area contributed by atoms with E-state index in [1.54, 1.807) is 4.40 Å². The van der Waals surface area contributed by atoms with Gasteiger partial charge in [0.15, 0.2) is 0 Å². The summed E-state index contributed by atoms with van der Waals surface area (Å²) in [4.78, 5) is 17.7. The number of aromatic nitrogens is 2. The molecule has 4 rings (SSSR count). The number of hydrogen-bond donors (Lipinski definition) is 2. The Labute approximate surface area is 157 Å². The fourth-order valence-corrected chi connectivity index (χ4v) is 3.58. The Kier molecular flexibility index (Phi) is 4.68. The van der Waals surface area contributed by atoms with Crippen molar-refractivity contribution >= 4 is 11.4 Å². The minimum Gasteiger partial charge on any atom is -0.394 e. The number of benzene rings is 1. The van der Waals surface area contributed by atoms with Crippen molar-refractivity contribution in [3.63, 3.8) is 0 Å². The Morgan fingerprint density at radius 1 is 1.26 bits per heavy atom. The summed E-state index contributed by atoms with van der Waals surface area (Å²) in [7, 11) is 0. The Morgan fingerprint density at radius 2 is 2.07 bits per heavy atom. The number of imidazole rings is 1. The topological polar surface area (TPSA) is 75.9 Å². The molecule has 0 bridgehead atoms. The lowest BCUT2D eigenvalue weighted by Crippen LogP contribution is -2.54. The normalized spacial score (nSPS) is 16.4. The van der Waals surface area contributed by atoms with Crippen molar-refractivity contribution in [3.8, 4) is 11.3 Å². The molecule has 1 aliphatic heterocycles. The van der Waals surface area contributed by atoms with Gasteiger partial charge < -0.3 is 15.2 Å². The number of aryl methyl sites for hydroxylation is 1. The molecule has 0 saturated carbocycles. The lowest BCUT2D eigenvalue weighted by Gasteiger charge is -2.36. The first-order valence-electron chi connectivity index (χ1n) is 9.17. The van der Waals surface area contributed by atoms with E-state index in [0.717, 1.165) is 22.3 Å². The minimum atomic E-state index is -0.653. The summed E-state index contributed by atoms with van der Waals surface area (Å²) < 4.78 is 7.18. The third-order valence-electron chi connectivity index (χ3n) is 5.17. The highest BCUT2D eigenvalue weighted by Gasteiger charge is 2.35. The maximum absolute atomic E-state index is 13.1. The molecule has 1 saturated heterocycles. The highest BCUT2D eigenvalue weighted by atomic mass is 16.5. The molecule has 1 aromatic carbocycles. The standard InChI is InChI=1S/C21H23N3O3/c1-15-5-4-6-16(13-15)18-17-7-2-3-10-24(17)19(22-18)20(26)23-21(14-25)8-11-27-12-9-21/h2-7,10,13,25H,8-9,11-12,14H2,1H3,(H,23,26). The van der Waals surface area contributed by atoms with E-state index >= 15 is 0 Å². The molecule has 0 unspecified atom stereocenters. The number of aliphatic hydroxyl groups is 1. The average molecular weight is 365 g/mol. The van der Waals surface area contributed by atoms with Crippen LogP contribution < -0.4 is 5.32 Å². The minimum absolute atomic E-state index is 0.115. The molecule has 6 nitrogen and oxygen atoms in total. The third kappa shape index (κ3) is 3.34. The number of carbonyl (C=O) groups is 1. The van der Waals surface area contributed by atoms with Crippen LogP contribution in [0.5, 0.6) is 0 Å². The van der Waals surface area contributed by atoms with E-state index in [1.165, 1.54) is 0 Å². The van der Waals surface area contributed by atoms with Gasteiger partial charge >= 0.3 is 0 Å². The summed E-state index contributed by atoms with van der Waals surface area (Å²) in [6.45, 7) is 2.97. The van der Waals surface area contributed by atoms with Crippen LogP contribution in [0.25, 0.3) is 16.8 Å². The fourth-order valence-electron chi connectivity index (χ4n) is 3.58. The lowest BCUT2D eigenvalue weighted by atomic mass is 9.91. The van der Waals surface area contributed by atoms with Crippen molar-refractivity contribution in [2.45, 2.75) is 25.3 Å². The van der Waals surface area contributed by atoms with Gasteiger partial charge in [0, 0.05) is 25.0 Å². The number of fused-ring (bicyclic) bond motifs is 1. The molecule has 0 aliphatic carbocycles. The number of rotatable bonds is 4. The highest BCUT2D eigenvalue weighted by Crippen LogP contribution is 2.27. The summed E-state index contributed by atoms with van der Waals surface area (Å²) in [5.41, 5.74) is 3.10. The van der Waals surface area contributed by atoms with Crippen LogP contribution in [0.15, 0.2) is 48.7 Å². The van der Waals surface area contributed by atoms with Crippen LogP contribution in [0.1, 0.15) is 29.0 Å². The monoisotopic (exact) mass is 365 g/mol. The molecular formula is C21H23N3O3. The number of nitrogens with one attached hydrogen (secondary N) is 1. The molecule has 140 valence electrons. The van der Waals surface area contributed by atoms with Gasteiger partial charge in [-0.25, -0.2) is 4.98 Å². The number of ether oxygens (including phenoxy) is 1. The van der Waals surface area contributed by atoms with Gasteiger partial charge in [0.1, 0.15) is 0 Å². The van der Waals surface area contributed by atoms with Gasteiger partial charge in [-0.2, -0.15) is 0 Å². The summed E-state index contributed by atoms with van der Waals surface area (Å²) in [5, 5.41) is 12.9. The van der Waals surface area contributed by atoms with Gasteiger partial charge in [-0.1, -0.05) is 29.8 Å². The molecule has 0 spiro atoms. The zero-order chi connectivity index (χ0) is 18.9. The lowest BCUT2D eigenvalue weighted by molar-refractivity contribution is 0.0123. The Morgan fingerprint density at radius 3 is 2.81 bits per heavy atom. The predicted molar refractivity (Wildman–Crippen MR) is 103 cm³/mol. The number of aliphatic hydroxyl groups excluding tert-OH is 1. The quantitative estimate of drug-likeness (QED) is 0.745. The van der Waals surface area contributed by atoms with Crippen LogP contribution in [-0.2, 0) is 4.74 Å². The van der Waals surface area contributed by atoms with Crippen LogP contribution in [0.4, 0.5) is 0 Å². The second kappa shape index (κ2) is 7.13. The molecule has 0 atom stereocenters. The van der Waals surface area contributed by atoms with Crippen LogP contribution in [-0.4, -0.2) is 45.8 Å². The first-order valence-corrected chi connectivity index (χ1v) is 9.17. The van der Waals surface area contributed by atoms with Crippen molar-refractivity contribution < 1.29 is 14.6 Å². The van der Waals surface area contributed by atoms with Gasteiger partial charge in [-0.15, -0.1) is 0 Å². The van der Waals surface area contributed by atoms with Crippen molar-refractivity contribution in [1.29, 1.82) is 0 Å². The summed E-state index contributed by atoms with van der Waals surface area (Å²) in [6, 6.07) is 13.8. The van der Waals surface area contributed by atoms with E-state index in [4.69, 9.17) is 4.74 Å². The number of nitrogens with zero attached hydrogens (tertiary/aromatic N) is 2. The molecule has 1 aliphatic rings. The molecule has 27 heavy (non-hydrogen) atoms. The predicted octanol–water partition coefficient (Wildman–Crippen LogP) is 2.58. The first-order chi connectivity index (χ1) is 13.1. The van der Waals surface area contributed by atoms with Crippen LogP contribution in [0, 0.1) is 6.92 Å². The van der Waals surface area contributed by atoms with Gasteiger partial charge in [0.05, 0.1) is 23.4 Å². The summed E-state index contributed by atoms with van der Waals surface area (Å²) in [6.07, 6.45) is 3.01. The van der Waals surface area contributed by atoms with Gasteiger partial charge in [-0.3, -0.25) is 9.20 Å². The fraction of sp³-hybridized carbons (Fsp3) is 0.333. The molecule has 2 N–H and O–H groups in total. The molecule has 0 radical (unpaired) electrons. The average Bonchev–Trinajstić information content (AvgIpc) is 3.09. The van der Waals surface area contributed by atoms with E-state index < -0.39 is 5.54 Å². The summed E-state index contributed by atoms with van der Waals surface area (Å²) in [5.74, 6) is 0.0347. The van der Waals surface area contributed by atoms with Crippen molar-refractivity contribution in [3.05, 3.63) is 60.0 Å². The number of hydrogen-bond acceptors (Lipinski definition) is 4. The zero-order valence-corrected chi connectivity index (χ0v) is 15.3. The Balaban J connectivity index is 1.75. The molecule has 3 heterocycles. The Hall–Kier alpha value is -2.70. The third-order valence-corrected chi connectivity index (χ3v) is 5.17. The first kappa shape index (κ1) is 17.7. The van der Waals surface area contributed by atoms with Gasteiger partial charge in [0.25, 0.3) is 5.91 Å². The van der Waals surface area contributed by atoms with E-state index in [-0.39, 0.29) is 12.5 Å². The molecule has 1 fully saturated rings. The molecular weight excluding hydrogens is 342 g/mol. The second-order valence-electron chi connectivity index (χ2n) is 7.11. The van der Waals surface area contributed by atoms with Crippen LogP contribution in [0.3, 0.4) is 0 Å². The zero-order valence-electron chi connectivity index (χ0n) is 15.3. The second-order valence-corrected chi connectivity index (χ2v) is 7.11. The molecule has 3 aromatic rings. The SMILES string of the molecule is Cc1cccc(-c2nc(C(=O)NC3(CO)CCOCC3)n3ccccc23)c1. The van der Waals surface area contributed by atoms with E-state index in [9.17, 15) is 9.90 Å². The van der Waals surface area contributed by atoms with Gasteiger partial charge in [-0.05, 0) is 38.0 Å². The maximum atomic E-state index is 13.1. The smallest absolute Gasteiger partial charge is 0.288 e. The molecule has 1 amide bonds. The number of pyridine rings is 1. The van der Waals surface area contributed by atoms with Gasteiger partial charge in [0.2, 0.25) is 5.82 Å². The highest BCUT2D eigenvalue weighted by molar-refractivity contribution is 5.95. The number of amides is 1. The summed E-state index contributed by atoms with van der Waals surface area (Å²) >= 11 is 0. The van der Waals surface area contributed by atoms with E-state index in [2.05, 4.69) is 16.4 Å². The Bertz CT molecular complexity index is 974.